The van der Waals surface area contributed by atoms with E-state index in [2.05, 4.69) is 6.92 Å². The first-order valence-corrected chi connectivity index (χ1v) is 9.92. The van der Waals surface area contributed by atoms with Crippen LogP contribution in [0.5, 0.6) is 0 Å². The summed E-state index contributed by atoms with van der Waals surface area (Å²) in [5, 5.41) is 0.688. The van der Waals surface area contributed by atoms with Gasteiger partial charge >= 0.3 is 0 Å². The Labute approximate surface area is 126 Å². The molecule has 2 unspecified atom stereocenters. The van der Waals surface area contributed by atoms with Crippen LogP contribution in [0.15, 0.2) is 0 Å². The molecule has 0 amide bonds. The van der Waals surface area contributed by atoms with Gasteiger partial charge < -0.3 is 0 Å². The Balaban J connectivity index is 1.58. The van der Waals surface area contributed by atoms with Crippen LogP contribution in [0, 0.1) is 5.92 Å². The Bertz CT molecular complexity index is 324. The van der Waals surface area contributed by atoms with E-state index < -0.39 is 10.8 Å². The van der Waals surface area contributed by atoms with Crippen molar-refractivity contribution in [1.29, 1.82) is 0 Å². The number of rotatable bonds is 9. The molecule has 2 atom stereocenters. The molecule has 3 heteroatoms. The molecule has 20 heavy (non-hydrogen) atoms. The van der Waals surface area contributed by atoms with Crippen molar-refractivity contribution >= 4 is 16.6 Å². The van der Waals surface area contributed by atoms with Crippen LogP contribution < -0.4 is 0 Å². The molecule has 0 spiro atoms. The maximum Gasteiger partial charge on any atom is 0.136 e. The second-order valence-corrected chi connectivity index (χ2v) is 8.65. The number of unbranched alkanes of at least 4 members (excludes halogenated alkanes) is 6. The van der Waals surface area contributed by atoms with Gasteiger partial charge in [0.25, 0.3) is 0 Å². The predicted octanol–water partition coefficient (Wildman–Crippen LogP) is 4.39. The van der Waals surface area contributed by atoms with E-state index in [9.17, 15) is 9.00 Å². The summed E-state index contributed by atoms with van der Waals surface area (Å²) in [7, 11) is -0.620. The first kappa shape index (κ1) is 16.2. The highest BCUT2D eigenvalue weighted by atomic mass is 32.2. The van der Waals surface area contributed by atoms with Gasteiger partial charge in [-0.3, -0.25) is 9.00 Å². The summed E-state index contributed by atoms with van der Waals surface area (Å²) in [4.78, 5) is 12.3. The van der Waals surface area contributed by atoms with Gasteiger partial charge in [-0.1, -0.05) is 45.4 Å². The minimum absolute atomic E-state index is 0.241. The molecule has 2 heterocycles. The number of Topliss-reactive ketones (excluding diaryl/α,β-unsaturated/α-hetero) is 1. The van der Waals surface area contributed by atoms with Crippen molar-refractivity contribution in [3.8, 4) is 0 Å². The van der Waals surface area contributed by atoms with Gasteiger partial charge in [-0.25, -0.2) is 0 Å². The molecule has 2 bridgehead atoms. The van der Waals surface area contributed by atoms with Crippen molar-refractivity contribution in [1.82, 2.24) is 0 Å². The maximum absolute atomic E-state index is 12.3. The Morgan fingerprint density at radius 1 is 0.950 bits per heavy atom. The molecule has 2 aliphatic rings. The van der Waals surface area contributed by atoms with Crippen LogP contribution in [0.25, 0.3) is 0 Å². The molecule has 0 aliphatic carbocycles. The smallest absolute Gasteiger partial charge is 0.136 e. The zero-order valence-electron chi connectivity index (χ0n) is 12.9. The van der Waals surface area contributed by atoms with E-state index in [-0.39, 0.29) is 5.92 Å². The van der Waals surface area contributed by atoms with E-state index in [0.29, 0.717) is 16.3 Å². The molecule has 0 N–H and O–H groups in total. The third-order valence-electron chi connectivity index (χ3n) is 5.04. The Kier molecular flexibility index (Phi) is 6.73. The number of hydrogen-bond acceptors (Lipinski definition) is 2. The van der Waals surface area contributed by atoms with Gasteiger partial charge in [0.05, 0.1) is 0 Å². The molecule has 0 saturated carbocycles. The van der Waals surface area contributed by atoms with Crippen molar-refractivity contribution in [2.24, 2.45) is 5.92 Å². The summed E-state index contributed by atoms with van der Waals surface area (Å²) in [6, 6.07) is 0. The lowest BCUT2D eigenvalue weighted by Gasteiger charge is -2.26. The topological polar surface area (TPSA) is 34.1 Å². The van der Waals surface area contributed by atoms with E-state index in [4.69, 9.17) is 0 Å². The summed E-state index contributed by atoms with van der Waals surface area (Å²) in [6.07, 6.45) is 13.7. The van der Waals surface area contributed by atoms with Crippen LogP contribution in [0.4, 0.5) is 0 Å². The van der Waals surface area contributed by atoms with Gasteiger partial charge in [-0.15, -0.1) is 0 Å². The highest BCUT2D eigenvalue weighted by Gasteiger charge is 2.42. The molecule has 2 rings (SSSR count). The lowest BCUT2D eigenvalue weighted by molar-refractivity contribution is -0.123. The monoisotopic (exact) mass is 298 g/mol. The van der Waals surface area contributed by atoms with Gasteiger partial charge in [0.15, 0.2) is 0 Å². The quantitative estimate of drug-likeness (QED) is 0.592. The molecule has 116 valence electrons. The average Bonchev–Trinajstić information content (AvgIpc) is 2.68. The van der Waals surface area contributed by atoms with Crippen molar-refractivity contribution < 1.29 is 9.00 Å². The standard InChI is InChI=1S/C17H30O2S/c1-2-3-4-5-6-7-8-9-17(18)14-12-15-10-11-16(13-14)20(15)19/h14-16H,2-13H2,1H3. The van der Waals surface area contributed by atoms with Crippen molar-refractivity contribution in [2.75, 3.05) is 0 Å². The lowest BCUT2D eigenvalue weighted by atomic mass is 9.91. The number of carbonyl (C=O) groups excluding carboxylic acids is 1. The van der Waals surface area contributed by atoms with Crippen molar-refractivity contribution in [3.63, 3.8) is 0 Å². The summed E-state index contributed by atoms with van der Waals surface area (Å²) in [5.41, 5.74) is 0. The van der Waals surface area contributed by atoms with Gasteiger partial charge in [-0.05, 0) is 32.1 Å². The number of fused-ring (bicyclic) bond motifs is 2. The zero-order chi connectivity index (χ0) is 14.4. The summed E-state index contributed by atoms with van der Waals surface area (Å²) >= 11 is 0. The minimum atomic E-state index is -0.620. The Morgan fingerprint density at radius 3 is 2.10 bits per heavy atom. The van der Waals surface area contributed by atoms with Crippen LogP contribution >= 0.6 is 0 Å². The molecule has 2 aliphatic heterocycles. The van der Waals surface area contributed by atoms with Gasteiger partial charge in [0.2, 0.25) is 0 Å². The molecule has 0 aromatic rings. The molecule has 0 aromatic heterocycles. The molecule has 2 saturated heterocycles. The highest BCUT2D eigenvalue weighted by molar-refractivity contribution is 7.86. The highest BCUT2D eigenvalue weighted by Crippen LogP contribution is 2.39. The first-order valence-electron chi connectivity index (χ1n) is 8.64. The lowest BCUT2D eigenvalue weighted by Crippen LogP contribution is -2.32. The van der Waals surface area contributed by atoms with Crippen LogP contribution in [-0.2, 0) is 15.6 Å². The van der Waals surface area contributed by atoms with Gasteiger partial charge in [0.1, 0.15) is 5.78 Å². The fraction of sp³-hybridized carbons (Fsp3) is 0.941. The fourth-order valence-electron chi connectivity index (χ4n) is 3.76. The second kappa shape index (κ2) is 8.31. The van der Waals surface area contributed by atoms with Crippen molar-refractivity contribution in [3.05, 3.63) is 0 Å². The molecule has 2 fully saturated rings. The largest absolute Gasteiger partial charge is 0.299 e. The first-order chi connectivity index (χ1) is 9.72. The van der Waals surface area contributed by atoms with E-state index in [1.54, 1.807) is 0 Å². The number of carbonyl (C=O) groups is 1. The molecule has 2 nitrogen and oxygen atoms in total. The number of hydrogen-bond donors (Lipinski definition) is 0. The maximum atomic E-state index is 12.3. The second-order valence-electron chi connectivity index (χ2n) is 6.66. The zero-order valence-corrected chi connectivity index (χ0v) is 13.8. The van der Waals surface area contributed by atoms with E-state index in [1.807, 2.05) is 0 Å². The van der Waals surface area contributed by atoms with Crippen LogP contribution in [0.1, 0.15) is 84.0 Å². The summed E-state index contributed by atoms with van der Waals surface area (Å²) in [6.45, 7) is 2.24. The van der Waals surface area contributed by atoms with Crippen LogP contribution in [0.2, 0.25) is 0 Å². The van der Waals surface area contributed by atoms with Crippen LogP contribution in [0.3, 0.4) is 0 Å². The van der Waals surface area contributed by atoms with Crippen LogP contribution in [-0.4, -0.2) is 20.5 Å². The summed E-state index contributed by atoms with van der Waals surface area (Å²) in [5.74, 6) is 0.706. The fourth-order valence-corrected chi connectivity index (χ4v) is 5.88. The third kappa shape index (κ3) is 4.41. The van der Waals surface area contributed by atoms with Gasteiger partial charge in [0, 0.05) is 33.6 Å². The molecular formula is C17H30O2S. The summed E-state index contributed by atoms with van der Waals surface area (Å²) < 4.78 is 11.9. The normalized spacial score (nSPS) is 32.5. The minimum Gasteiger partial charge on any atom is -0.299 e. The average molecular weight is 298 g/mol. The molecular weight excluding hydrogens is 268 g/mol. The Morgan fingerprint density at radius 2 is 1.50 bits per heavy atom. The SMILES string of the molecule is CCCCCCCCCC(=O)C1CC2CCC(C1)S2=O. The molecule has 0 aromatic carbocycles. The third-order valence-corrected chi connectivity index (χ3v) is 7.22. The van der Waals surface area contributed by atoms with Gasteiger partial charge in [-0.2, -0.15) is 0 Å². The van der Waals surface area contributed by atoms with E-state index in [1.165, 1.54) is 38.5 Å². The van der Waals surface area contributed by atoms with Crippen molar-refractivity contribution in [2.45, 2.75) is 94.5 Å². The number of ketones is 1. The Hall–Kier alpha value is -0.180. The molecule has 0 radical (unpaired) electrons. The predicted molar refractivity (Wildman–Crippen MR) is 85.3 cm³/mol. The van der Waals surface area contributed by atoms with E-state index in [0.717, 1.165) is 38.5 Å². The van der Waals surface area contributed by atoms with E-state index >= 15 is 0 Å².